The van der Waals surface area contributed by atoms with Crippen LogP contribution in [0.1, 0.15) is 12.5 Å². The second-order valence-corrected chi connectivity index (χ2v) is 6.66. The van der Waals surface area contributed by atoms with Crippen LogP contribution in [-0.2, 0) is 20.7 Å². The second-order valence-electron chi connectivity index (χ2n) is 5.75. The lowest BCUT2D eigenvalue weighted by molar-refractivity contribution is -0.155. The van der Waals surface area contributed by atoms with Gasteiger partial charge in [-0.1, -0.05) is 40.2 Å². The Bertz CT molecular complexity index is 792. The van der Waals surface area contributed by atoms with Gasteiger partial charge in [-0.25, -0.2) is 4.79 Å². The summed E-state index contributed by atoms with van der Waals surface area (Å²) in [6.45, 7) is 1.94. The number of hydrogen-bond donors (Lipinski definition) is 0. The summed E-state index contributed by atoms with van der Waals surface area (Å²) < 4.78 is 11.5. The lowest BCUT2D eigenvalue weighted by Gasteiger charge is -2.21. The Kier molecular flexibility index (Phi) is 5.38. The minimum atomic E-state index is -0.857. The third-order valence-corrected chi connectivity index (χ3v) is 4.46. The zero-order valence-corrected chi connectivity index (χ0v) is 15.4. The normalized spacial score (nSPS) is 13.9. The molecule has 0 aromatic heterocycles. The number of para-hydroxylation sites is 1. The van der Waals surface area contributed by atoms with Crippen molar-refractivity contribution in [1.82, 2.24) is 0 Å². The molecule has 0 saturated heterocycles. The summed E-state index contributed by atoms with van der Waals surface area (Å²) in [5.41, 5.74) is 2.02. The van der Waals surface area contributed by atoms with Gasteiger partial charge in [-0.05, 0) is 43.2 Å². The highest BCUT2D eigenvalue weighted by Crippen LogP contribution is 2.28. The Morgan fingerprint density at radius 3 is 2.80 bits per heavy atom. The fourth-order valence-corrected chi connectivity index (χ4v) is 3.15. The Morgan fingerprint density at radius 2 is 2.00 bits per heavy atom. The highest BCUT2D eigenvalue weighted by Gasteiger charge is 2.29. The van der Waals surface area contributed by atoms with Gasteiger partial charge in [0.25, 0.3) is 5.91 Å². The molecule has 0 fully saturated rings. The summed E-state index contributed by atoms with van der Waals surface area (Å²) in [7, 11) is 0. The maximum Gasteiger partial charge on any atom is 0.344 e. The predicted molar refractivity (Wildman–Crippen MR) is 97.7 cm³/mol. The van der Waals surface area contributed by atoms with Crippen LogP contribution in [0.15, 0.2) is 53.0 Å². The molecule has 1 atom stereocenters. The topological polar surface area (TPSA) is 55.8 Å². The summed E-state index contributed by atoms with van der Waals surface area (Å²) >= 11 is 3.33. The van der Waals surface area contributed by atoms with Gasteiger partial charge >= 0.3 is 5.97 Å². The summed E-state index contributed by atoms with van der Waals surface area (Å²) in [4.78, 5) is 26.2. The highest BCUT2D eigenvalue weighted by molar-refractivity contribution is 9.10. The van der Waals surface area contributed by atoms with Gasteiger partial charge in [0.1, 0.15) is 5.75 Å². The van der Waals surface area contributed by atoms with E-state index in [0.29, 0.717) is 12.3 Å². The number of carbonyl (C=O) groups excluding carboxylic acids is 2. The molecule has 0 saturated carbocycles. The van der Waals surface area contributed by atoms with E-state index in [1.807, 2.05) is 36.4 Å². The van der Waals surface area contributed by atoms with Crippen LogP contribution in [0.3, 0.4) is 0 Å². The molecule has 2 aromatic carbocycles. The molecule has 1 amide bonds. The van der Waals surface area contributed by atoms with E-state index in [1.54, 1.807) is 24.0 Å². The molecule has 2 aromatic rings. The van der Waals surface area contributed by atoms with Crippen molar-refractivity contribution in [3.63, 3.8) is 0 Å². The molecule has 130 valence electrons. The standard InChI is InChI=1S/C19H18BrNO4/c1-13(19(23)21-10-9-14-5-2-3-8-17(14)21)25-18(22)12-24-16-7-4-6-15(20)11-16/h2-8,11,13H,9-10,12H2,1H3. The third-order valence-electron chi connectivity index (χ3n) is 3.96. The lowest BCUT2D eigenvalue weighted by Crippen LogP contribution is -2.39. The maximum absolute atomic E-state index is 12.6. The number of ether oxygens (including phenoxy) is 2. The first-order valence-electron chi connectivity index (χ1n) is 8.02. The molecule has 0 radical (unpaired) electrons. The van der Waals surface area contributed by atoms with Crippen molar-refractivity contribution in [2.45, 2.75) is 19.4 Å². The van der Waals surface area contributed by atoms with Crippen LogP contribution in [0, 0.1) is 0 Å². The Hall–Kier alpha value is -2.34. The van der Waals surface area contributed by atoms with Gasteiger partial charge in [-0.15, -0.1) is 0 Å². The number of anilines is 1. The summed E-state index contributed by atoms with van der Waals surface area (Å²) in [5.74, 6) is -0.243. The van der Waals surface area contributed by atoms with Crippen LogP contribution in [0.2, 0.25) is 0 Å². The Labute approximate surface area is 154 Å². The number of rotatable bonds is 5. The molecule has 0 N–H and O–H groups in total. The molecule has 6 heteroatoms. The van der Waals surface area contributed by atoms with Crippen molar-refractivity contribution in [2.75, 3.05) is 18.1 Å². The number of hydrogen-bond acceptors (Lipinski definition) is 4. The van der Waals surface area contributed by atoms with Crippen LogP contribution < -0.4 is 9.64 Å². The number of esters is 1. The minimum Gasteiger partial charge on any atom is -0.482 e. The van der Waals surface area contributed by atoms with Crippen LogP contribution >= 0.6 is 15.9 Å². The van der Waals surface area contributed by atoms with E-state index in [9.17, 15) is 9.59 Å². The summed E-state index contributed by atoms with van der Waals surface area (Å²) in [6.07, 6.45) is -0.0426. The summed E-state index contributed by atoms with van der Waals surface area (Å²) in [5, 5.41) is 0. The second kappa shape index (κ2) is 7.70. The largest absolute Gasteiger partial charge is 0.482 e. The quantitative estimate of drug-likeness (QED) is 0.718. The Balaban J connectivity index is 1.54. The summed E-state index contributed by atoms with van der Waals surface area (Å²) in [6, 6.07) is 14.9. The first kappa shape index (κ1) is 17.5. The fourth-order valence-electron chi connectivity index (χ4n) is 2.77. The van der Waals surface area contributed by atoms with E-state index in [-0.39, 0.29) is 12.5 Å². The lowest BCUT2D eigenvalue weighted by atomic mass is 10.2. The first-order chi connectivity index (χ1) is 12.0. The Morgan fingerprint density at radius 1 is 1.20 bits per heavy atom. The van der Waals surface area contributed by atoms with E-state index in [1.165, 1.54) is 0 Å². The zero-order chi connectivity index (χ0) is 17.8. The molecule has 25 heavy (non-hydrogen) atoms. The van der Waals surface area contributed by atoms with Crippen molar-refractivity contribution in [3.8, 4) is 5.75 Å². The SMILES string of the molecule is CC(OC(=O)COc1cccc(Br)c1)C(=O)N1CCc2ccccc21. The minimum absolute atomic E-state index is 0.222. The van der Waals surface area contributed by atoms with Gasteiger partial charge in [0, 0.05) is 16.7 Å². The molecule has 1 heterocycles. The number of nitrogens with zero attached hydrogens (tertiary/aromatic N) is 1. The van der Waals surface area contributed by atoms with Crippen LogP contribution in [0.25, 0.3) is 0 Å². The predicted octanol–water partition coefficient (Wildman–Crippen LogP) is 3.35. The number of amides is 1. The van der Waals surface area contributed by atoms with E-state index in [0.717, 1.165) is 22.1 Å². The molecular weight excluding hydrogens is 386 g/mol. The van der Waals surface area contributed by atoms with Gasteiger partial charge in [0.15, 0.2) is 12.7 Å². The number of benzene rings is 2. The average Bonchev–Trinajstić information content (AvgIpc) is 3.03. The van der Waals surface area contributed by atoms with Crippen molar-refractivity contribution in [1.29, 1.82) is 0 Å². The van der Waals surface area contributed by atoms with Gasteiger partial charge in [0.05, 0.1) is 0 Å². The number of fused-ring (bicyclic) bond motifs is 1. The van der Waals surface area contributed by atoms with E-state index in [2.05, 4.69) is 15.9 Å². The van der Waals surface area contributed by atoms with E-state index >= 15 is 0 Å². The molecule has 1 unspecified atom stereocenters. The van der Waals surface area contributed by atoms with Crippen LogP contribution in [0.4, 0.5) is 5.69 Å². The highest BCUT2D eigenvalue weighted by atomic mass is 79.9. The smallest absolute Gasteiger partial charge is 0.344 e. The van der Waals surface area contributed by atoms with Crippen LogP contribution in [0.5, 0.6) is 5.75 Å². The van der Waals surface area contributed by atoms with E-state index < -0.39 is 12.1 Å². The van der Waals surface area contributed by atoms with E-state index in [4.69, 9.17) is 9.47 Å². The molecule has 0 aliphatic carbocycles. The van der Waals surface area contributed by atoms with Gasteiger partial charge in [0.2, 0.25) is 0 Å². The molecule has 1 aliphatic rings. The molecule has 5 nitrogen and oxygen atoms in total. The first-order valence-corrected chi connectivity index (χ1v) is 8.81. The molecule has 3 rings (SSSR count). The molecule has 1 aliphatic heterocycles. The molecule has 0 spiro atoms. The van der Waals surface area contributed by atoms with Gasteiger partial charge in [-0.3, -0.25) is 4.79 Å². The zero-order valence-electron chi connectivity index (χ0n) is 13.8. The van der Waals surface area contributed by atoms with Gasteiger partial charge < -0.3 is 14.4 Å². The molecular formula is C19H18BrNO4. The number of halogens is 1. The van der Waals surface area contributed by atoms with Crippen molar-refractivity contribution in [3.05, 3.63) is 58.6 Å². The third kappa shape index (κ3) is 4.20. The van der Waals surface area contributed by atoms with Crippen molar-refractivity contribution in [2.24, 2.45) is 0 Å². The van der Waals surface area contributed by atoms with Gasteiger partial charge in [-0.2, -0.15) is 0 Å². The molecule has 0 bridgehead atoms. The fraction of sp³-hybridized carbons (Fsp3) is 0.263. The van der Waals surface area contributed by atoms with Crippen LogP contribution in [-0.4, -0.2) is 31.1 Å². The maximum atomic E-state index is 12.6. The van der Waals surface area contributed by atoms with Crippen molar-refractivity contribution < 1.29 is 19.1 Å². The average molecular weight is 404 g/mol. The number of carbonyl (C=O) groups is 2. The van der Waals surface area contributed by atoms with Crippen molar-refractivity contribution >= 4 is 33.5 Å². The monoisotopic (exact) mass is 403 g/mol.